The average molecular weight is 265 g/mol. The summed E-state index contributed by atoms with van der Waals surface area (Å²) in [7, 11) is 0. The lowest BCUT2D eigenvalue weighted by molar-refractivity contribution is -0.144. The number of rotatable bonds is 7. The molecule has 2 N–H and O–H groups in total. The normalized spacial score (nSPS) is 11.2. The van der Waals surface area contributed by atoms with Crippen molar-refractivity contribution in [3.8, 4) is 5.75 Å². The van der Waals surface area contributed by atoms with Gasteiger partial charge >= 0.3 is 12.1 Å². The van der Waals surface area contributed by atoms with Crippen molar-refractivity contribution in [1.29, 1.82) is 0 Å². The Hall–Kier alpha value is -2.50. The van der Waals surface area contributed by atoms with Gasteiger partial charge in [-0.25, -0.2) is 9.59 Å². The lowest BCUT2D eigenvalue weighted by Crippen LogP contribution is -2.40. The zero-order valence-electron chi connectivity index (χ0n) is 10.2. The maximum Gasteiger partial charge on any atom is 0.407 e. The van der Waals surface area contributed by atoms with Crippen molar-refractivity contribution in [2.24, 2.45) is 0 Å². The molecule has 19 heavy (non-hydrogen) atoms. The number of benzene rings is 1. The largest absolute Gasteiger partial charge is 0.478 e. The number of aliphatic carboxylic acids is 1. The van der Waals surface area contributed by atoms with Crippen molar-refractivity contribution in [3.05, 3.63) is 43.0 Å². The van der Waals surface area contributed by atoms with Gasteiger partial charge in [0.1, 0.15) is 12.4 Å². The second-order valence-corrected chi connectivity index (χ2v) is 3.53. The minimum Gasteiger partial charge on any atom is -0.478 e. The van der Waals surface area contributed by atoms with Gasteiger partial charge < -0.3 is 19.9 Å². The number of carbonyl (C=O) groups excluding carboxylic acids is 1. The molecule has 6 nitrogen and oxygen atoms in total. The van der Waals surface area contributed by atoms with Crippen LogP contribution in [-0.4, -0.2) is 36.4 Å². The number of carboxylic acids is 1. The molecule has 0 radical (unpaired) electrons. The van der Waals surface area contributed by atoms with Gasteiger partial charge in [0, 0.05) is 0 Å². The van der Waals surface area contributed by atoms with Gasteiger partial charge in [-0.15, -0.1) is 0 Å². The van der Waals surface area contributed by atoms with Crippen LogP contribution < -0.4 is 10.1 Å². The van der Waals surface area contributed by atoms with Crippen LogP contribution in [0.4, 0.5) is 4.79 Å². The van der Waals surface area contributed by atoms with Crippen LogP contribution >= 0.6 is 0 Å². The third-order valence-electron chi connectivity index (χ3n) is 2.06. The molecule has 1 unspecified atom stereocenters. The third kappa shape index (κ3) is 5.58. The molecule has 0 aliphatic carbocycles. The van der Waals surface area contributed by atoms with Crippen molar-refractivity contribution >= 4 is 12.1 Å². The summed E-state index contributed by atoms with van der Waals surface area (Å²) in [5.74, 6) is -0.760. The number of para-hydroxylation sites is 1. The van der Waals surface area contributed by atoms with Crippen molar-refractivity contribution in [1.82, 2.24) is 5.32 Å². The highest BCUT2D eigenvalue weighted by Crippen LogP contribution is 2.10. The maximum absolute atomic E-state index is 11.2. The van der Waals surface area contributed by atoms with Gasteiger partial charge in [0.15, 0.2) is 0 Å². The number of hydrogen-bond donors (Lipinski definition) is 2. The van der Waals surface area contributed by atoms with Crippen molar-refractivity contribution in [3.63, 3.8) is 0 Å². The predicted octanol–water partition coefficient (Wildman–Crippen LogP) is 1.43. The molecule has 1 rings (SSSR count). The van der Waals surface area contributed by atoms with Gasteiger partial charge in [-0.2, -0.15) is 0 Å². The van der Waals surface area contributed by atoms with E-state index < -0.39 is 18.2 Å². The summed E-state index contributed by atoms with van der Waals surface area (Å²) in [6.45, 7) is 3.25. The molecule has 1 atom stereocenters. The monoisotopic (exact) mass is 265 g/mol. The molecule has 1 aromatic rings. The molecule has 0 saturated carbocycles. The van der Waals surface area contributed by atoms with Crippen molar-refractivity contribution in [2.45, 2.75) is 6.10 Å². The zero-order valence-corrected chi connectivity index (χ0v) is 10.2. The van der Waals surface area contributed by atoms with E-state index in [0.717, 1.165) is 0 Å². The molecule has 0 heterocycles. The fraction of sp³-hybridized carbons (Fsp3) is 0.231. The van der Waals surface area contributed by atoms with Gasteiger partial charge in [0.2, 0.25) is 6.10 Å². The number of amides is 1. The summed E-state index contributed by atoms with van der Waals surface area (Å²) in [5, 5.41) is 11.3. The van der Waals surface area contributed by atoms with E-state index in [1.165, 1.54) is 6.08 Å². The topological polar surface area (TPSA) is 84.9 Å². The molecule has 0 aliphatic heterocycles. The van der Waals surface area contributed by atoms with Crippen LogP contribution in [0.3, 0.4) is 0 Å². The SMILES string of the molecule is C=CCOC(=O)NCC(Oc1ccccc1)C(=O)O. The zero-order chi connectivity index (χ0) is 14.1. The highest BCUT2D eigenvalue weighted by Gasteiger charge is 2.20. The first-order chi connectivity index (χ1) is 9.13. The van der Waals surface area contributed by atoms with E-state index in [4.69, 9.17) is 9.84 Å². The molecule has 1 amide bonds. The molecule has 102 valence electrons. The Bertz CT molecular complexity index is 432. The first-order valence-electron chi connectivity index (χ1n) is 5.59. The van der Waals surface area contributed by atoms with E-state index in [1.54, 1.807) is 30.3 Å². The molecular formula is C13H15NO5. The Morgan fingerprint density at radius 2 is 2.05 bits per heavy atom. The molecule has 0 aromatic heterocycles. The predicted molar refractivity (Wildman–Crippen MR) is 68.0 cm³/mol. The van der Waals surface area contributed by atoms with Crippen LogP contribution in [0.2, 0.25) is 0 Å². The Morgan fingerprint density at radius 1 is 1.37 bits per heavy atom. The molecule has 6 heteroatoms. The standard InChI is InChI=1S/C13H15NO5/c1-2-8-18-13(17)14-9-11(12(15)16)19-10-6-4-3-5-7-10/h2-7,11H,1,8-9H2,(H,14,17)(H,15,16). The van der Waals surface area contributed by atoms with E-state index in [2.05, 4.69) is 16.6 Å². The van der Waals surface area contributed by atoms with Crippen LogP contribution in [0.1, 0.15) is 0 Å². The first kappa shape index (κ1) is 14.6. The Kier molecular flexibility index (Phi) is 5.94. The molecule has 0 fully saturated rings. The number of ether oxygens (including phenoxy) is 2. The minimum atomic E-state index is -1.18. The first-order valence-corrected chi connectivity index (χ1v) is 5.59. The average Bonchev–Trinajstić information content (AvgIpc) is 2.41. The number of carboxylic acid groups (broad SMARTS) is 1. The van der Waals surface area contributed by atoms with E-state index >= 15 is 0 Å². The van der Waals surface area contributed by atoms with Gasteiger partial charge in [-0.3, -0.25) is 0 Å². The van der Waals surface area contributed by atoms with Gasteiger partial charge in [-0.05, 0) is 12.1 Å². The van der Waals surface area contributed by atoms with Crippen molar-refractivity contribution < 1.29 is 24.2 Å². The molecule has 0 saturated heterocycles. The Labute approximate surface area is 110 Å². The van der Waals surface area contributed by atoms with E-state index in [-0.39, 0.29) is 13.2 Å². The van der Waals surface area contributed by atoms with Crippen LogP contribution in [0, 0.1) is 0 Å². The molecule has 1 aromatic carbocycles. The van der Waals surface area contributed by atoms with Gasteiger partial charge in [-0.1, -0.05) is 30.9 Å². The fourth-order valence-corrected chi connectivity index (χ4v) is 1.20. The summed E-state index contributed by atoms with van der Waals surface area (Å²) < 4.78 is 9.90. The summed E-state index contributed by atoms with van der Waals surface area (Å²) in [6, 6.07) is 8.49. The maximum atomic E-state index is 11.2. The lowest BCUT2D eigenvalue weighted by atomic mass is 10.3. The summed E-state index contributed by atoms with van der Waals surface area (Å²) in [5.41, 5.74) is 0. The van der Waals surface area contributed by atoms with E-state index in [0.29, 0.717) is 5.75 Å². The number of alkyl carbamates (subject to hydrolysis) is 1. The van der Waals surface area contributed by atoms with Crippen LogP contribution in [0.5, 0.6) is 5.75 Å². The molecule has 0 aliphatic rings. The van der Waals surface area contributed by atoms with Crippen molar-refractivity contribution in [2.75, 3.05) is 13.2 Å². The van der Waals surface area contributed by atoms with E-state index in [1.807, 2.05) is 0 Å². The Balaban J connectivity index is 2.47. The van der Waals surface area contributed by atoms with Crippen LogP contribution in [0.15, 0.2) is 43.0 Å². The quantitative estimate of drug-likeness (QED) is 0.728. The summed E-state index contributed by atoms with van der Waals surface area (Å²) >= 11 is 0. The highest BCUT2D eigenvalue weighted by atomic mass is 16.5. The van der Waals surface area contributed by atoms with Crippen LogP contribution in [-0.2, 0) is 9.53 Å². The highest BCUT2D eigenvalue weighted by molar-refractivity contribution is 5.74. The van der Waals surface area contributed by atoms with Gasteiger partial charge in [0.25, 0.3) is 0 Å². The number of carbonyl (C=O) groups is 2. The smallest absolute Gasteiger partial charge is 0.407 e. The second kappa shape index (κ2) is 7.75. The molecule has 0 spiro atoms. The number of hydrogen-bond acceptors (Lipinski definition) is 4. The van der Waals surface area contributed by atoms with E-state index in [9.17, 15) is 9.59 Å². The van der Waals surface area contributed by atoms with Crippen LogP contribution in [0.25, 0.3) is 0 Å². The Morgan fingerprint density at radius 3 is 2.63 bits per heavy atom. The third-order valence-corrected chi connectivity index (χ3v) is 2.06. The summed E-state index contributed by atoms with van der Waals surface area (Å²) in [6.07, 6.45) is -0.490. The second-order valence-electron chi connectivity index (χ2n) is 3.53. The number of nitrogens with one attached hydrogen (secondary N) is 1. The molecule has 0 bridgehead atoms. The molecular weight excluding hydrogens is 250 g/mol. The van der Waals surface area contributed by atoms with Gasteiger partial charge in [0.05, 0.1) is 6.54 Å². The summed E-state index contributed by atoms with van der Waals surface area (Å²) in [4.78, 5) is 22.1. The fourth-order valence-electron chi connectivity index (χ4n) is 1.20. The minimum absolute atomic E-state index is 0.0586. The lowest BCUT2D eigenvalue weighted by Gasteiger charge is -2.15.